The zero-order chi connectivity index (χ0) is 33.5. The Balaban J connectivity index is 1.21. The number of aromatic nitrogens is 4. The maximum atomic E-state index is 5.37. The molecule has 0 atom stereocenters. The maximum absolute atomic E-state index is 5.37. The van der Waals surface area contributed by atoms with Crippen LogP contribution in [-0.4, -0.2) is 19.5 Å². The van der Waals surface area contributed by atoms with Crippen molar-refractivity contribution in [3.63, 3.8) is 0 Å². The second-order valence-electron chi connectivity index (χ2n) is 13.2. The highest BCUT2D eigenvalue weighted by Crippen LogP contribution is 2.48. The van der Waals surface area contributed by atoms with Gasteiger partial charge in [0, 0.05) is 21.9 Å². The predicted molar refractivity (Wildman–Crippen MR) is 210 cm³/mol. The van der Waals surface area contributed by atoms with E-state index in [0.29, 0.717) is 17.5 Å². The molecular weight excluding hydrogens is 621 g/mol. The standard InChI is InChI=1S/C47H28N4/c1-2-13-31(14-3-1)45-48-46(32-24-26-34-37-20-10-15-30-16-11-21-38(43(30)37)39(34)28-32)50-47(49-45)44-33-17-5-4-12-29(33)25-27-42(44)51-40-22-8-6-18-35(40)36-19-7-9-23-41(36)51/h1-28H. The van der Waals surface area contributed by atoms with E-state index in [1.54, 1.807) is 0 Å². The average Bonchev–Trinajstić information content (AvgIpc) is 3.71. The number of fused-ring (bicyclic) bond motifs is 7. The van der Waals surface area contributed by atoms with Crippen molar-refractivity contribution in [3.05, 3.63) is 170 Å². The van der Waals surface area contributed by atoms with Crippen LogP contribution in [0.15, 0.2) is 170 Å². The third-order valence-electron chi connectivity index (χ3n) is 10.4. The third-order valence-corrected chi connectivity index (χ3v) is 10.4. The summed E-state index contributed by atoms with van der Waals surface area (Å²) < 4.78 is 2.37. The minimum atomic E-state index is 0.637. The monoisotopic (exact) mass is 648 g/mol. The summed E-state index contributed by atoms with van der Waals surface area (Å²) in [4.78, 5) is 15.8. The molecule has 10 aromatic rings. The molecule has 11 rings (SSSR count). The first-order chi connectivity index (χ1) is 25.3. The fourth-order valence-electron chi connectivity index (χ4n) is 8.13. The van der Waals surface area contributed by atoms with Gasteiger partial charge in [-0.2, -0.15) is 0 Å². The van der Waals surface area contributed by atoms with Crippen molar-refractivity contribution in [1.29, 1.82) is 0 Å². The highest BCUT2D eigenvalue weighted by Gasteiger charge is 2.24. The predicted octanol–water partition coefficient (Wildman–Crippen LogP) is 11.9. The lowest BCUT2D eigenvalue weighted by Gasteiger charge is -2.17. The van der Waals surface area contributed by atoms with Crippen LogP contribution in [0.4, 0.5) is 0 Å². The summed E-state index contributed by atoms with van der Waals surface area (Å²) in [5.74, 6) is 1.92. The number of hydrogen-bond donors (Lipinski definition) is 0. The zero-order valence-electron chi connectivity index (χ0n) is 27.5. The molecule has 0 N–H and O–H groups in total. The molecule has 2 aromatic heterocycles. The Morgan fingerprint density at radius 1 is 0.353 bits per heavy atom. The van der Waals surface area contributed by atoms with Gasteiger partial charge >= 0.3 is 0 Å². The third kappa shape index (κ3) is 4.17. The molecule has 236 valence electrons. The summed E-state index contributed by atoms with van der Waals surface area (Å²) in [5, 5.41) is 7.20. The van der Waals surface area contributed by atoms with Gasteiger partial charge in [-0.05, 0) is 68.1 Å². The van der Waals surface area contributed by atoms with Crippen LogP contribution in [0.3, 0.4) is 0 Å². The van der Waals surface area contributed by atoms with Gasteiger partial charge in [0.1, 0.15) is 0 Å². The van der Waals surface area contributed by atoms with E-state index in [4.69, 9.17) is 15.0 Å². The van der Waals surface area contributed by atoms with Crippen molar-refractivity contribution in [2.75, 3.05) is 0 Å². The van der Waals surface area contributed by atoms with Crippen molar-refractivity contribution >= 4 is 43.4 Å². The van der Waals surface area contributed by atoms with Crippen LogP contribution in [0.5, 0.6) is 0 Å². The quantitative estimate of drug-likeness (QED) is 0.191. The molecule has 0 saturated heterocycles. The Morgan fingerprint density at radius 2 is 0.941 bits per heavy atom. The Hall–Kier alpha value is -6.91. The highest BCUT2D eigenvalue weighted by molar-refractivity contribution is 6.16. The molecule has 1 aliphatic carbocycles. The van der Waals surface area contributed by atoms with Crippen molar-refractivity contribution in [1.82, 2.24) is 19.5 Å². The molecule has 2 heterocycles. The molecule has 0 spiro atoms. The Bertz CT molecular complexity index is 2970. The van der Waals surface area contributed by atoms with Gasteiger partial charge in [0.2, 0.25) is 0 Å². The molecule has 0 radical (unpaired) electrons. The number of rotatable bonds is 4. The molecule has 51 heavy (non-hydrogen) atoms. The zero-order valence-corrected chi connectivity index (χ0v) is 27.5. The fourth-order valence-corrected chi connectivity index (χ4v) is 8.13. The Kier molecular flexibility index (Phi) is 5.92. The summed E-state index contributed by atoms with van der Waals surface area (Å²) in [5.41, 5.74) is 11.2. The van der Waals surface area contributed by atoms with Crippen LogP contribution >= 0.6 is 0 Å². The van der Waals surface area contributed by atoms with E-state index in [2.05, 4.69) is 156 Å². The van der Waals surface area contributed by atoms with Gasteiger partial charge in [0.05, 0.1) is 22.3 Å². The van der Waals surface area contributed by atoms with E-state index in [1.807, 2.05) is 18.2 Å². The number of nitrogens with zero attached hydrogens (tertiary/aromatic N) is 4. The molecule has 0 unspecified atom stereocenters. The van der Waals surface area contributed by atoms with Gasteiger partial charge in [0.15, 0.2) is 17.5 Å². The summed E-state index contributed by atoms with van der Waals surface area (Å²) in [6.07, 6.45) is 0. The fraction of sp³-hybridized carbons (Fsp3) is 0. The molecule has 0 saturated carbocycles. The largest absolute Gasteiger partial charge is 0.308 e. The average molecular weight is 649 g/mol. The lowest BCUT2D eigenvalue weighted by atomic mass is 10.00. The van der Waals surface area contributed by atoms with Crippen LogP contribution in [-0.2, 0) is 0 Å². The molecule has 1 aliphatic rings. The smallest absolute Gasteiger partial charge is 0.166 e. The number of benzene rings is 8. The lowest BCUT2D eigenvalue weighted by Crippen LogP contribution is -2.04. The number of para-hydroxylation sites is 2. The first-order valence-electron chi connectivity index (χ1n) is 17.3. The van der Waals surface area contributed by atoms with Gasteiger partial charge < -0.3 is 4.57 Å². The second-order valence-corrected chi connectivity index (χ2v) is 13.2. The minimum Gasteiger partial charge on any atom is -0.308 e. The van der Waals surface area contributed by atoms with E-state index < -0.39 is 0 Å². The first kappa shape index (κ1) is 28.0. The van der Waals surface area contributed by atoms with Crippen LogP contribution < -0.4 is 0 Å². The van der Waals surface area contributed by atoms with E-state index >= 15 is 0 Å². The first-order valence-corrected chi connectivity index (χ1v) is 17.3. The summed E-state index contributed by atoms with van der Waals surface area (Å²) in [6.45, 7) is 0. The van der Waals surface area contributed by atoms with Crippen molar-refractivity contribution in [2.24, 2.45) is 0 Å². The molecule has 0 aliphatic heterocycles. The minimum absolute atomic E-state index is 0.637. The second kappa shape index (κ2) is 10.8. The molecule has 8 aromatic carbocycles. The number of hydrogen-bond acceptors (Lipinski definition) is 3. The van der Waals surface area contributed by atoms with E-state index in [1.165, 1.54) is 43.8 Å². The summed E-state index contributed by atoms with van der Waals surface area (Å²) in [6, 6.07) is 60.2. The molecule has 4 nitrogen and oxygen atoms in total. The molecule has 0 bridgehead atoms. The molecule has 0 amide bonds. The van der Waals surface area contributed by atoms with E-state index in [0.717, 1.165) is 44.2 Å². The lowest BCUT2D eigenvalue weighted by molar-refractivity contribution is 1.07. The van der Waals surface area contributed by atoms with Crippen LogP contribution in [0, 0.1) is 0 Å². The van der Waals surface area contributed by atoms with Gasteiger partial charge in [-0.3, -0.25) is 0 Å². The summed E-state index contributed by atoms with van der Waals surface area (Å²) >= 11 is 0. The summed E-state index contributed by atoms with van der Waals surface area (Å²) in [7, 11) is 0. The Labute approximate surface area is 294 Å². The SMILES string of the molecule is c1ccc(-c2nc(-c3ccc4c(c3)-c3cccc5cccc-4c35)nc(-c3c(-n4c5ccccc5c5ccccc54)ccc4ccccc34)n2)cc1. The van der Waals surface area contributed by atoms with Gasteiger partial charge in [-0.25, -0.2) is 15.0 Å². The van der Waals surface area contributed by atoms with Gasteiger partial charge in [-0.15, -0.1) is 0 Å². The van der Waals surface area contributed by atoms with Crippen LogP contribution in [0.25, 0.3) is 105 Å². The maximum Gasteiger partial charge on any atom is 0.166 e. The Morgan fingerprint density at radius 3 is 1.69 bits per heavy atom. The van der Waals surface area contributed by atoms with E-state index in [9.17, 15) is 0 Å². The molecule has 4 heteroatoms. The van der Waals surface area contributed by atoms with Crippen molar-refractivity contribution in [3.8, 4) is 62.1 Å². The topological polar surface area (TPSA) is 43.6 Å². The molecular formula is C47H28N4. The van der Waals surface area contributed by atoms with Gasteiger partial charge in [0.25, 0.3) is 0 Å². The van der Waals surface area contributed by atoms with E-state index in [-0.39, 0.29) is 0 Å². The van der Waals surface area contributed by atoms with Crippen LogP contribution in [0.1, 0.15) is 0 Å². The van der Waals surface area contributed by atoms with Gasteiger partial charge in [-0.1, -0.05) is 146 Å². The van der Waals surface area contributed by atoms with Crippen molar-refractivity contribution < 1.29 is 0 Å². The highest BCUT2D eigenvalue weighted by atomic mass is 15.1. The molecule has 0 fully saturated rings. The normalized spacial score (nSPS) is 11.9. The van der Waals surface area contributed by atoms with Crippen LogP contribution in [0.2, 0.25) is 0 Å². The van der Waals surface area contributed by atoms with Crippen molar-refractivity contribution in [2.45, 2.75) is 0 Å².